The average molecular weight is 249 g/mol. The molecule has 1 saturated carbocycles. The van der Waals surface area contributed by atoms with Crippen LogP contribution in [0.15, 0.2) is 12.2 Å². The zero-order valence-corrected chi connectivity index (χ0v) is 10.5. The second-order valence-electron chi connectivity index (χ2n) is 5.81. The number of rotatable bonds is 0. The van der Waals surface area contributed by atoms with Gasteiger partial charge in [0, 0.05) is 0 Å². The van der Waals surface area contributed by atoms with Crippen molar-refractivity contribution < 1.29 is 14.8 Å². The number of carbonyl (C=O) groups excluding carboxylic acids is 2. The number of carbonyl (C=O) groups is 2. The Bertz CT molecular complexity index is 423. The van der Waals surface area contributed by atoms with Gasteiger partial charge in [0.05, 0.1) is 0 Å². The predicted octanol–water partition coefficient (Wildman–Crippen LogP) is 2.22. The van der Waals surface area contributed by atoms with Crippen LogP contribution in [0.25, 0.3) is 0 Å². The van der Waals surface area contributed by atoms with E-state index in [0.717, 1.165) is 37.2 Å². The Morgan fingerprint density at radius 2 is 1.78 bits per heavy atom. The van der Waals surface area contributed by atoms with Gasteiger partial charge in [0.1, 0.15) is 11.0 Å². The minimum Gasteiger partial charge on any atom is -0.295 e. The number of hydrogen-bond acceptors (Lipinski definition) is 3. The molecule has 18 heavy (non-hydrogen) atoms. The summed E-state index contributed by atoms with van der Waals surface area (Å²) in [6.07, 6.45) is 10.1. The maximum Gasteiger partial charge on any atom is 0.260 e. The first-order valence-electron chi connectivity index (χ1n) is 6.90. The number of allylic oxidation sites excluding steroid dienone is 1. The average Bonchev–Trinajstić information content (AvgIpc) is 2.57. The molecule has 0 aromatic rings. The van der Waals surface area contributed by atoms with Gasteiger partial charge in [-0.3, -0.25) is 14.8 Å². The Balaban J connectivity index is 2.05. The van der Waals surface area contributed by atoms with Crippen LogP contribution in [0.2, 0.25) is 0 Å². The van der Waals surface area contributed by atoms with Crippen molar-refractivity contribution in [2.75, 3.05) is 0 Å². The van der Waals surface area contributed by atoms with Crippen LogP contribution in [0, 0.1) is 5.41 Å². The van der Waals surface area contributed by atoms with Crippen LogP contribution < -0.4 is 0 Å². The summed E-state index contributed by atoms with van der Waals surface area (Å²) in [5.74, 6) is -0.420. The maximum absolute atomic E-state index is 12.8. The third-order valence-corrected chi connectivity index (χ3v) is 4.84. The molecule has 4 heteroatoms. The first-order valence-corrected chi connectivity index (χ1v) is 6.90. The van der Waals surface area contributed by atoms with Gasteiger partial charge in [0.15, 0.2) is 5.78 Å². The Kier molecular flexibility index (Phi) is 2.59. The Labute approximate surface area is 107 Å². The molecule has 0 aromatic heterocycles. The van der Waals surface area contributed by atoms with Gasteiger partial charge in [-0.05, 0) is 32.1 Å². The maximum atomic E-state index is 12.8. The third kappa shape index (κ3) is 1.30. The minimum absolute atomic E-state index is 0.0573. The van der Waals surface area contributed by atoms with Crippen molar-refractivity contribution in [3.05, 3.63) is 12.2 Å². The summed E-state index contributed by atoms with van der Waals surface area (Å²) in [4.78, 5) is 25.2. The topological polar surface area (TPSA) is 57.6 Å². The Morgan fingerprint density at radius 1 is 1.06 bits per heavy atom. The lowest BCUT2D eigenvalue weighted by Crippen LogP contribution is -2.47. The van der Waals surface area contributed by atoms with Crippen molar-refractivity contribution in [2.45, 2.75) is 56.9 Å². The van der Waals surface area contributed by atoms with Gasteiger partial charge in [-0.15, -0.1) is 0 Å². The molecule has 0 bridgehead atoms. The summed E-state index contributed by atoms with van der Waals surface area (Å²) >= 11 is 0. The van der Waals surface area contributed by atoms with Gasteiger partial charge >= 0.3 is 0 Å². The smallest absolute Gasteiger partial charge is 0.260 e. The lowest BCUT2D eigenvalue weighted by atomic mass is 9.67. The van der Waals surface area contributed by atoms with Crippen LogP contribution in [0.5, 0.6) is 0 Å². The largest absolute Gasteiger partial charge is 0.295 e. The molecule has 0 unspecified atom stereocenters. The monoisotopic (exact) mass is 249 g/mol. The van der Waals surface area contributed by atoms with Crippen molar-refractivity contribution in [3.63, 3.8) is 0 Å². The van der Waals surface area contributed by atoms with Gasteiger partial charge in [0.2, 0.25) is 0 Å². The van der Waals surface area contributed by atoms with Crippen molar-refractivity contribution in [1.29, 1.82) is 0 Å². The molecule has 0 radical (unpaired) electrons. The molecule has 4 nitrogen and oxygen atoms in total. The van der Waals surface area contributed by atoms with Crippen molar-refractivity contribution in [2.24, 2.45) is 5.41 Å². The molecule has 1 aliphatic heterocycles. The molecule has 2 aliphatic carbocycles. The summed E-state index contributed by atoms with van der Waals surface area (Å²) in [7, 11) is 0. The molecule has 1 saturated heterocycles. The molecule has 0 aromatic carbocycles. The van der Waals surface area contributed by atoms with E-state index in [1.54, 1.807) is 6.08 Å². The van der Waals surface area contributed by atoms with E-state index >= 15 is 0 Å². The zero-order valence-electron chi connectivity index (χ0n) is 10.5. The summed E-state index contributed by atoms with van der Waals surface area (Å²) in [5.41, 5.74) is -1.97. The molecular formula is C14H19NO3. The highest BCUT2D eigenvalue weighted by atomic mass is 16.5. The second-order valence-corrected chi connectivity index (χ2v) is 5.81. The summed E-state index contributed by atoms with van der Waals surface area (Å²) in [6, 6.07) is 0. The highest BCUT2D eigenvalue weighted by Gasteiger charge is 2.65. The van der Waals surface area contributed by atoms with E-state index in [0.29, 0.717) is 19.3 Å². The summed E-state index contributed by atoms with van der Waals surface area (Å²) in [5, 5.41) is 10.9. The molecule has 1 amide bonds. The van der Waals surface area contributed by atoms with Crippen molar-refractivity contribution in [3.8, 4) is 0 Å². The Morgan fingerprint density at radius 3 is 2.39 bits per heavy atom. The fourth-order valence-corrected chi connectivity index (χ4v) is 3.80. The molecule has 2 fully saturated rings. The van der Waals surface area contributed by atoms with E-state index in [4.69, 9.17) is 0 Å². The standard InChI is InChI=1S/C14H19NO3/c16-11-13(7-3-1-4-8-13)12(17)15(18)14(11)9-5-2-6-10-14/h5,9,18H,1-4,6-8,10H2/t14-/m1/s1. The molecule has 98 valence electrons. The minimum atomic E-state index is -1.05. The second kappa shape index (κ2) is 3.92. The van der Waals surface area contributed by atoms with E-state index in [1.807, 2.05) is 6.08 Å². The van der Waals surface area contributed by atoms with Gasteiger partial charge < -0.3 is 0 Å². The molecule has 1 atom stereocenters. The van der Waals surface area contributed by atoms with E-state index in [1.165, 1.54) is 0 Å². The molecule has 3 aliphatic rings. The van der Waals surface area contributed by atoms with Crippen LogP contribution in [-0.4, -0.2) is 27.5 Å². The number of nitrogens with zero attached hydrogens (tertiary/aromatic N) is 1. The van der Waals surface area contributed by atoms with E-state index in [-0.39, 0.29) is 11.7 Å². The van der Waals surface area contributed by atoms with Crippen LogP contribution >= 0.6 is 0 Å². The van der Waals surface area contributed by atoms with Gasteiger partial charge in [0.25, 0.3) is 5.91 Å². The highest BCUT2D eigenvalue weighted by Crippen LogP contribution is 2.50. The lowest BCUT2D eigenvalue weighted by molar-refractivity contribution is -0.180. The number of hydrogen-bond donors (Lipinski definition) is 1. The first-order chi connectivity index (χ1) is 8.63. The van der Waals surface area contributed by atoms with Gasteiger partial charge in [-0.1, -0.05) is 31.4 Å². The summed E-state index contributed by atoms with van der Waals surface area (Å²) < 4.78 is 0. The quantitative estimate of drug-likeness (QED) is 0.407. The fourth-order valence-electron chi connectivity index (χ4n) is 3.80. The van der Waals surface area contributed by atoms with E-state index in [9.17, 15) is 14.8 Å². The normalized spacial score (nSPS) is 34.8. The van der Waals surface area contributed by atoms with E-state index in [2.05, 4.69) is 0 Å². The molecular weight excluding hydrogens is 230 g/mol. The number of ketones is 1. The summed E-state index contributed by atoms with van der Waals surface area (Å²) in [6.45, 7) is 0. The number of Topliss-reactive ketones (excluding diaryl/α,β-unsaturated/α-hetero) is 1. The SMILES string of the molecule is O=C1N(O)[C@@]2(C=CCCC2)C(=O)C12CCCCC2. The van der Waals surface area contributed by atoms with Gasteiger partial charge in [-0.2, -0.15) is 0 Å². The number of hydroxylamine groups is 2. The van der Waals surface area contributed by atoms with Crippen molar-refractivity contribution >= 4 is 11.7 Å². The van der Waals surface area contributed by atoms with Gasteiger partial charge in [-0.25, -0.2) is 5.06 Å². The van der Waals surface area contributed by atoms with Crippen molar-refractivity contribution in [1.82, 2.24) is 5.06 Å². The Hall–Kier alpha value is -1.16. The highest BCUT2D eigenvalue weighted by molar-refractivity contribution is 6.17. The molecule has 1 N–H and O–H groups in total. The first kappa shape index (κ1) is 11.9. The van der Waals surface area contributed by atoms with Crippen LogP contribution in [0.3, 0.4) is 0 Å². The zero-order chi connectivity index (χ0) is 12.8. The lowest BCUT2D eigenvalue weighted by Gasteiger charge is -2.32. The van der Waals surface area contributed by atoms with Crippen LogP contribution in [0.1, 0.15) is 51.4 Å². The van der Waals surface area contributed by atoms with Crippen LogP contribution in [-0.2, 0) is 9.59 Å². The van der Waals surface area contributed by atoms with E-state index < -0.39 is 11.0 Å². The predicted molar refractivity (Wildman–Crippen MR) is 64.9 cm³/mol. The van der Waals surface area contributed by atoms with Crippen LogP contribution in [0.4, 0.5) is 0 Å². The molecule has 3 rings (SSSR count). The number of amides is 1. The molecule has 1 heterocycles. The third-order valence-electron chi connectivity index (χ3n) is 4.84. The fraction of sp³-hybridized carbons (Fsp3) is 0.714. The molecule has 2 spiro atoms.